The van der Waals surface area contributed by atoms with Crippen LogP contribution in [-0.2, 0) is 31.4 Å². The number of benzene rings is 2. The summed E-state index contributed by atoms with van der Waals surface area (Å²) in [6, 6.07) is 16.2. The van der Waals surface area contributed by atoms with Crippen LogP contribution in [0.15, 0.2) is 97.6 Å². The molecule has 8 heterocycles. The maximum Gasteiger partial charge on any atom is 0.431 e. The van der Waals surface area contributed by atoms with Crippen molar-refractivity contribution in [2.75, 3.05) is 24.7 Å². The van der Waals surface area contributed by atoms with Crippen LogP contribution in [0.1, 0.15) is 62.8 Å². The maximum atomic E-state index is 13.5. The predicted octanol–water partition coefficient (Wildman–Crippen LogP) is 9.88. The third-order valence-corrected chi connectivity index (χ3v) is 14.0. The molecule has 344 valence electrons. The number of aromatic amines is 2. The minimum atomic E-state index is -4.48. The Morgan fingerprint density at radius 2 is 1.06 bits per heavy atom. The molecule has 4 aliphatic rings. The van der Waals surface area contributed by atoms with Crippen LogP contribution in [0.25, 0.3) is 44.1 Å². The lowest BCUT2D eigenvalue weighted by Gasteiger charge is -2.45. The monoisotopic (exact) mass is 912 g/mol. The average molecular weight is 913 g/mol. The first-order valence-electron chi connectivity index (χ1n) is 21.9. The quantitative estimate of drug-likeness (QED) is 0.0597. The number of fused-ring (bicyclic) bond motifs is 6. The number of H-pyrrole nitrogens is 2. The minimum absolute atomic E-state index is 0.0887. The molecule has 66 heavy (non-hydrogen) atoms. The van der Waals surface area contributed by atoms with Gasteiger partial charge in [-0.1, -0.05) is 12.1 Å². The molecule has 0 spiro atoms. The Labute approximate surface area is 374 Å². The van der Waals surface area contributed by atoms with Gasteiger partial charge in [0.25, 0.3) is 0 Å². The molecular weight excluding hydrogens is 867 g/mol. The summed E-state index contributed by atoms with van der Waals surface area (Å²) in [4.78, 5) is 44.7. The van der Waals surface area contributed by atoms with Gasteiger partial charge >= 0.3 is 24.3 Å². The number of ether oxygens (including phenoxy) is 2. The third kappa shape index (κ3) is 8.36. The second-order valence-corrected chi connectivity index (χ2v) is 18.1. The maximum absolute atomic E-state index is 13.5. The Balaban J connectivity index is 0.767. The highest BCUT2D eigenvalue weighted by molar-refractivity contribution is 5.92. The van der Waals surface area contributed by atoms with Gasteiger partial charge in [-0.05, 0) is 99.4 Å². The SMILES string of the molecule is CN1C2CCC1(OC(=O)/C=C/C(=O)OC13CCC(CC(Nc4cncc(-c5ccc6[nH]c(C(F)(F)F)cc6c5)c4)C1)N3C)CC(Nc1cncc(-c3ccc4[nH]c(C(F)(F)F)cc4c3)c1)C2. The van der Waals surface area contributed by atoms with Crippen molar-refractivity contribution in [1.82, 2.24) is 29.7 Å². The zero-order valence-electron chi connectivity index (χ0n) is 35.9. The van der Waals surface area contributed by atoms with Crippen molar-refractivity contribution in [3.05, 3.63) is 109 Å². The van der Waals surface area contributed by atoms with Gasteiger partial charge in [-0.25, -0.2) is 9.59 Å². The Morgan fingerprint density at radius 1 is 0.636 bits per heavy atom. The van der Waals surface area contributed by atoms with Gasteiger partial charge in [-0.3, -0.25) is 19.8 Å². The Hall–Kier alpha value is -6.40. The van der Waals surface area contributed by atoms with Crippen LogP contribution in [0, 0.1) is 0 Å². The number of piperidine rings is 2. The molecule has 10 rings (SSSR count). The van der Waals surface area contributed by atoms with Gasteiger partial charge in [0.1, 0.15) is 11.4 Å². The fraction of sp³-hybridized carbons (Fsp3) is 0.375. The van der Waals surface area contributed by atoms with Crippen LogP contribution in [0.4, 0.5) is 37.7 Å². The van der Waals surface area contributed by atoms with Crippen LogP contribution < -0.4 is 10.6 Å². The highest BCUT2D eigenvalue weighted by Gasteiger charge is 2.54. The molecule has 2 aromatic carbocycles. The molecule has 4 fully saturated rings. The van der Waals surface area contributed by atoms with Crippen molar-refractivity contribution in [3.63, 3.8) is 0 Å². The topological polar surface area (TPSA) is 140 Å². The van der Waals surface area contributed by atoms with E-state index < -0.39 is 47.1 Å². The van der Waals surface area contributed by atoms with E-state index in [1.54, 1.807) is 61.2 Å². The van der Waals surface area contributed by atoms with Gasteiger partial charge in [0.15, 0.2) is 11.4 Å². The number of pyridine rings is 2. The molecule has 4 bridgehead atoms. The van der Waals surface area contributed by atoms with E-state index in [0.717, 1.165) is 72.5 Å². The number of nitrogens with zero attached hydrogens (tertiary/aromatic N) is 4. The van der Waals surface area contributed by atoms with E-state index in [4.69, 9.17) is 9.47 Å². The second kappa shape index (κ2) is 16.2. The Morgan fingerprint density at radius 3 is 1.47 bits per heavy atom. The molecular formula is C48H46F6N8O4. The smallest absolute Gasteiger partial charge is 0.431 e. The van der Waals surface area contributed by atoms with Crippen molar-refractivity contribution < 1.29 is 45.4 Å². The van der Waals surface area contributed by atoms with E-state index in [-0.39, 0.29) is 24.2 Å². The lowest BCUT2D eigenvalue weighted by atomic mass is 9.94. The van der Waals surface area contributed by atoms with E-state index in [0.29, 0.717) is 58.6 Å². The molecule has 4 N–H and O–H groups in total. The van der Waals surface area contributed by atoms with Gasteiger partial charge in [-0.2, -0.15) is 26.3 Å². The number of halogens is 6. The number of carbonyl (C=O) groups excluding carboxylic acids is 2. The number of anilines is 2. The number of aromatic nitrogens is 4. The van der Waals surface area contributed by atoms with E-state index >= 15 is 0 Å². The summed E-state index contributed by atoms with van der Waals surface area (Å²) in [6.07, 6.45) is 5.31. The van der Waals surface area contributed by atoms with Crippen molar-refractivity contribution in [2.24, 2.45) is 0 Å². The number of esters is 2. The highest BCUT2D eigenvalue weighted by atomic mass is 19.4. The molecule has 18 heteroatoms. The number of alkyl halides is 6. The fourth-order valence-corrected chi connectivity index (χ4v) is 10.7. The lowest BCUT2D eigenvalue weighted by molar-refractivity contribution is -0.182. The van der Waals surface area contributed by atoms with E-state index in [1.165, 1.54) is 0 Å². The van der Waals surface area contributed by atoms with Crippen molar-refractivity contribution in [3.8, 4) is 22.3 Å². The summed E-state index contributed by atoms with van der Waals surface area (Å²) >= 11 is 0. The van der Waals surface area contributed by atoms with Crippen LogP contribution in [0.3, 0.4) is 0 Å². The first-order valence-corrected chi connectivity index (χ1v) is 21.9. The average Bonchev–Trinajstić information content (AvgIpc) is 3.99. The Kier molecular flexibility index (Phi) is 10.7. The van der Waals surface area contributed by atoms with Crippen molar-refractivity contribution in [2.45, 2.75) is 99.3 Å². The number of carbonyl (C=O) groups is 2. The zero-order valence-corrected chi connectivity index (χ0v) is 35.9. The summed E-state index contributed by atoms with van der Waals surface area (Å²) in [7, 11) is 3.87. The molecule has 0 radical (unpaired) electrons. The summed E-state index contributed by atoms with van der Waals surface area (Å²) < 4.78 is 92.2. The Bertz CT molecular complexity index is 2690. The molecule has 6 atom stereocenters. The zero-order chi connectivity index (χ0) is 46.2. The number of hydrogen-bond acceptors (Lipinski definition) is 10. The minimum Gasteiger partial charge on any atom is -0.440 e. The third-order valence-electron chi connectivity index (χ3n) is 14.0. The molecule has 6 unspecified atom stereocenters. The predicted molar refractivity (Wildman–Crippen MR) is 235 cm³/mol. The molecule has 0 aliphatic carbocycles. The first-order chi connectivity index (χ1) is 31.4. The highest BCUT2D eigenvalue weighted by Crippen LogP contribution is 2.47. The van der Waals surface area contributed by atoms with Crippen LogP contribution in [-0.4, -0.2) is 91.4 Å². The molecule has 4 aromatic heterocycles. The molecule has 4 aliphatic heterocycles. The van der Waals surface area contributed by atoms with E-state index in [2.05, 4.69) is 40.4 Å². The summed E-state index contributed by atoms with van der Waals surface area (Å²) in [5.74, 6) is -1.33. The van der Waals surface area contributed by atoms with Crippen LogP contribution in [0.2, 0.25) is 0 Å². The van der Waals surface area contributed by atoms with Crippen molar-refractivity contribution in [1.29, 1.82) is 0 Å². The number of hydrogen-bond donors (Lipinski definition) is 4. The fourth-order valence-electron chi connectivity index (χ4n) is 10.7. The second-order valence-electron chi connectivity index (χ2n) is 18.1. The standard InChI is InChI=1S/C48H46F6N8O4/c1-61-37-9-11-45(61,21-33(19-37)57-35-15-31(23-55-25-35)27-3-5-39-29(13-27)17-41(59-39)47(49,50)51)65-43(63)7-8-44(64)66-46-12-10-38(62(46)2)20-34(22-46)58-36-16-32(24-56-26-36)28-4-6-40-30(14-28)18-42(60-40)48(52,53)54/h3-8,13-18,23-26,33-34,37-38,57-60H,9-12,19-22H2,1-2H3/b8-7+. The van der Waals surface area contributed by atoms with Gasteiger partial charge in [0, 0.05) is 120 Å². The molecule has 6 aromatic rings. The molecule has 12 nitrogen and oxygen atoms in total. The number of nitrogens with one attached hydrogen (secondary N) is 4. The summed E-state index contributed by atoms with van der Waals surface area (Å²) in [5.41, 5.74) is 1.65. The summed E-state index contributed by atoms with van der Waals surface area (Å²) in [5, 5.41) is 7.98. The van der Waals surface area contributed by atoms with E-state index in [9.17, 15) is 35.9 Å². The van der Waals surface area contributed by atoms with E-state index in [1.807, 2.05) is 26.2 Å². The first kappa shape index (κ1) is 43.5. The van der Waals surface area contributed by atoms with Crippen molar-refractivity contribution >= 4 is 45.1 Å². The van der Waals surface area contributed by atoms with Gasteiger partial charge < -0.3 is 30.1 Å². The summed E-state index contributed by atoms with van der Waals surface area (Å²) in [6.45, 7) is 0. The van der Waals surface area contributed by atoms with Gasteiger partial charge in [-0.15, -0.1) is 0 Å². The molecule has 4 saturated heterocycles. The van der Waals surface area contributed by atoms with Crippen LogP contribution in [0.5, 0.6) is 0 Å². The lowest BCUT2D eigenvalue weighted by Crippen LogP contribution is -2.56. The molecule has 0 amide bonds. The number of rotatable bonds is 10. The van der Waals surface area contributed by atoms with Gasteiger partial charge in [0.05, 0.1) is 11.4 Å². The normalized spacial score (nSPS) is 25.8. The van der Waals surface area contributed by atoms with Gasteiger partial charge in [0.2, 0.25) is 0 Å². The van der Waals surface area contributed by atoms with Crippen LogP contribution >= 0.6 is 0 Å². The largest absolute Gasteiger partial charge is 0.440 e. The molecule has 0 saturated carbocycles.